The van der Waals surface area contributed by atoms with Gasteiger partial charge in [-0.05, 0) is 18.9 Å². The third-order valence-electron chi connectivity index (χ3n) is 3.16. The number of fused-ring (bicyclic) bond motifs is 1. The van der Waals surface area contributed by atoms with Gasteiger partial charge in [0, 0.05) is 12.2 Å². The average Bonchev–Trinajstić information content (AvgIpc) is 2.77. The van der Waals surface area contributed by atoms with Crippen LogP contribution in [0.2, 0.25) is 0 Å². The van der Waals surface area contributed by atoms with Crippen LogP contribution in [0.15, 0.2) is 18.6 Å². The van der Waals surface area contributed by atoms with Crippen LogP contribution in [-0.2, 0) is 9.84 Å². The number of aromatic amines is 1. The molecule has 1 saturated heterocycles. The van der Waals surface area contributed by atoms with Crippen LogP contribution in [0.5, 0.6) is 0 Å². The average molecular weight is 266 g/mol. The van der Waals surface area contributed by atoms with E-state index < -0.39 is 9.84 Å². The van der Waals surface area contributed by atoms with Gasteiger partial charge < -0.3 is 10.3 Å². The molecule has 2 aromatic rings. The Hall–Kier alpha value is -1.63. The number of anilines is 1. The standard InChI is InChI=1S/C11H14N4O2S/c16-18(17)5-1-2-8(6-18)15-11-9-3-4-12-10(9)13-7-14-11/h3-4,7-8H,1-2,5-6H2,(H2,12,13,14,15)/t8-/m1/s1. The van der Waals surface area contributed by atoms with Crippen LogP contribution in [0.25, 0.3) is 11.0 Å². The Morgan fingerprint density at radius 1 is 1.39 bits per heavy atom. The number of aromatic nitrogens is 3. The third kappa shape index (κ3) is 2.17. The maximum atomic E-state index is 11.6. The topological polar surface area (TPSA) is 87.7 Å². The number of rotatable bonds is 2. The van der Waals surface area contributed by atoms with Crippen LogP contribution in [0.1, 0.15) is 12.8 Å². The Kier molecular flexibility index (Phi) is 2.70. The summed E-state index contributed by atoms with van der Waals surface area (Å²) < 4.78 is 23.2. The maximum absolute atomic E-state index is 11.6. The lowest BCUT2D eigenvalue weighted by Gasteiger charge is -2.23. The fourth-order valence-corrected chi connectivity index (χ4v) is 3.95. The van der Waals surface area contributed by atoms with E-state index in [2.05, 4.69) is 20.3 Å². The SMILES string of the molecule is O=S1(=O)CCC[C@@H](Nc2ncnc3[nH]ccc23)C1. The van der Waals surface area contributed by atoms with Gasteiger partial charge in [0.15, 0.2) is 9.84 Å². The number of hydrogen-bond acceptors (Lipinski definition) is 5. The largest absolute Gasteiger partial charge is 0.366 e. The smallest absolute Gasteiger partial charge is 0.152 e. The van der Waals surface area contributed by atoms with Crippen molar-refractivity contribution in [3.8, 4) is 0 Å². The number of sulfone groups is 1. The summed E-state index contributed by atoms with van der Waals surface area (Å²) >= 11 is 0. The molecule has 7 heteroatoms. The van der Waals surface area contributed by atoms with Gasteiger partial charge in [-0.1, -0.05) is 0 Å². The van der Waals surface area contributed by atoms with Gasteiger partial charge in [0.25, 0.3) is 0 Å². The van der Waals surface area contributed by atoms with Gasteiger partial charge in [0.2, 0.25) is 0 Å². The molecule has 1 aliphatic rings. The summed E-state index contributed by atoms with van der Waals surface area (Å²) in [5, 5.41) is 4.10. The number of nitrogens with zero attached hydrogens (tertiary/aromatic N) is 2. The van der Waals surface area contributed by atoms with Crippen LogP contribution in [0.3, 0.4) is 0 Å². The normalized spacial score (nSPS) is 23.0. The molecular formula is C11H14N4O2S. The predicted molar refractivity (Wildman–Crippen MR) is 69.2 cm³/mol. The Morgan fingerprint density at radius 2 is 2.28 bits per heavy atom. The molecule has 1 aliphatic heterocycles. The second-order valence-corrected chi connectivity index (χ2v) is 6.79. The van der Waals surface area contributed by atoms with Crippen molar-refractivity contribution in [2.24, 2.45) is 0 Å². The summed E-state index contributed by atoms with van der Waals surface area (Å²) in [4.78, 5) is 11.3. The van der Waals surface area contributed by atoms with Gasteiger partial charge in [0.05, 0.1) is 16.9 Å². The zero-order chi connectivity index (χ0) is 12.6. The van der Waals surface area contributed by atoms with Crippen molar-refractivity contribution in [3.63, 3.8) is 0 Å². The van der Waals surface area contributed by atoms with E-state index in [4.69, 9.17) is 0 Å². The van der Waals surface area contributed by atoms with Crippen LogP contribution in [-0.4, -0.2) is 40.9 Å². The van der Waals surface area contributed by atoms with Crippen molar-refractivity contribution in [1.29, 1.82) is 0 Å². The van der Waals surface area contributed by atoms with Crippen LogP contribution in [0, 0.1) is 0 Å². The molecule has 2 aromatic heterocycles. The first-order valence-electron chi connectivity index (χ1n) is 5.89. The zero-order valence-electron chi connectivity index (χ0n) is 9.76. The first kappa shape index (κ1) is 11.5. The third-order valence-corrected chi connectivity index (χ3v) is 4.98. The molecule has 0 amide bonds. The van der Waals surface area contributed by atoms with Gasteiger partial charge in [0.1, 0.15) is 17.8 Å². The zero-order valence-corrected chi connectivity index (χ0v) is 10.6. The monoisotopic (exact) mass is 266 g/mol. The van der Waals surface area contributed by atoms with Crippen LogP contribution >= 0.6 is 0 Å². The van der Waals surface area contributed by atoms with E-state index in [0.29, 0.717) is 18.0 Å². The Balaban J connectivity index is 1.86. The number of nitrogens with one attached hydrogen (secondary N) is 2. The second kappa shape index (κ2) is 4.24. The maximum Gasteiger partial charge on any atom is 0.152 e. The first-order valence-corrected chi connectivity index (χ1v) is 7.71. The molecule has 6 nitrogen and oxygen atoms in total. The quantitative estimate of drug-likeness (QED) is 0.845. The fourth-order valence-electron chi connectivity index (χ4n) is 2.32. The molecule has 0 aliphatic carbocycles. The summed E-state index contributed by atoms with van der Waals surface area (Å²) in [5.41, 5.74) is 0.756. The van der Waals surface area contributed by atoms with E-state index in [0.717, 1.165) is 17.5 Å². The number of hydrogen-bond donors (Lipinski definition) is 2. The van der Waals surface area contributed by atoms with E-state index >= 15 is 0 Å². The van der Waals surface area contributed by atoms with E-state index in [1.54, 1.807) is 6.20 Å². The summed E-state index contributed by atoms with van der Waals surface area (Å²) in [5.74, 6) is 1.18. The van der Waals surface area contributed by atoms with Crippen molar-refractivity contribution < 1.29 is 8.42 Å². The highest BCUT2D eigenvalue weighted by atomic mass is 32.2. The fraction of sp³-hybridized carbons (Fsp3) is 0.455. The summed E-state index contributed by atoms with van der Waals surface area (Å²) in [6.45, 7) is 0. The summed E-state index contributed by atoms with van der Waals surface area (Å²) in [7, 11) is -2.91. The molecule has 3 rings (SSSR count). The minimum Gasteiger partial charge on any atom is -0.366 e. The van der Waals surface area contributed by atoms with Crippen molar-refractivity contribution >= 4 is 26.7 Å². The molecule has 96 valence electrons. The Labute approximate surface area is 105 Å². The van der Waals surface area contributed by atoms with E-state index in [1.165, 1.54) is 6.33 Å². The molecular weight excluding hydrogens is 252 g/mol. The van der Waals surface area contributed by atoms with Crippen molar-refractivity contribution in [1.82, 2.24) is 15.0 Å². The molecule has 0 bridgehead atoms. The molecule has 1 atom stereocenters. The van der Waals surface area contributed by atoms with E-state index in [9.17, 15) is 8.42 Å². The van der Waals surface area contributed by atoms with Gasteiger partial charge in [-0.25, -0.2) is 18.4 Å². The summed E-state index contributed by atoms with van der Waals surface area (Å²) in [6.07, 6.45) is 4.83. The predicted octanol–water partition coefficient (Wildman–Crippen LogP) is 0.947. The van der Waals surface area contributed by atoms with Crippen molar-refractivity contribution in [2.75, 3.05) is 16.8 Å². The molecule has 3 heterocycles. The molecule has 0 radical (unpaired) electrons. The second-order valence-electron chi connectivity index (χ2n) is 4.56. The minimum absolute atomic E-state index is 0.0586. The highest BCUT2D eigenvalue weighted by Gasteiger charge is 2.25. The first-order chi connectivity index (χ1) is 8.64. The van der Waals surface area contributed by atoms with Crippen LogP contribution < -0.4 is 5.32 Å². The van der Waals surface area contributed by atoms with Crippen LogP contribution in [0.4, 0.5) is 5.82 Å². The lowest BCUT2D eigenvalue weighted by Crippen LogP contribution is -2.35. The van der Waals surface area contributed by atoms with Gasteiger partial charge in [-0.3, -0.25) is 0 Å². The minimum atomic E-state index is -2.91. The van der Waals surface area contributed by atoms with E-state index in [1.807, 2.05) is 6.07 Å². The Morgan fingerprint density at radius 3 is 3.11 bits per heavy atom. The highest BCUT2D eigenvalue weighted by molar-refractivity contribution is 7.91. The molecule has 0 saturated carbocycles. The number of H-pyrrole nitrogens is 1. The lowest BCUT2D eigenvalue weighted by molar-refractivity contribution is 0.561. The summed E-state index contributed by atoms with van der Waals surface area (Å²) in [6, 6.07) is 1.83. The Bertz CT molecular complexity index is 664. The lowest BCUT2D eigenvalue weighted by atomic mass is 10.2. The molecule has 0 aromatic carbocycles. The van der Waals surface area contributed by atoms with E-state index in [-0.39, 0.29) is 11.8 Å². The van der Waals surface area contributed by atoms with Crippen molar-refractivity contribution in [2.45, 2.75) is 18.9 Å². The molecule has 2 N–H and O–H groups in total. The molecule has 0 unspecified atom stereocenters. The molecule has 1 fully saturated rings. The molecule has 0 spiro atoms. The van der Waals surface area contributed by atoms with Gasteiger partial charge >= 0.3 is 0 Å². The highest BCUT2D eigenvalue weighted by Crippen LogP contribution is 2.21. The van der Waals surface area contributed by atoms with Gasteiger partial charge in [-0.2, -0.15) is 0 Å². The van der Waals surface area contributed by atoms with Gasteiger partial charge in [-0.15, -0.1) is 0 Å². The van der Waals surface area contributed by atoms with Crippen molar-refractivity contribution in [3.05, 3.63) is 18.6 Å². The molecule has 18 heavy (non-hydrogen) atoms.